The first-order valence-electron chi connectivity index (χ1n) is 12.0. The standard InChI is InChI=1S/C24H40O5Si/c1-7-23-12-18(28-19(27)13-25)22(4)15(2)8-10-24(11-9-17(26)20(22)24)16(3)21(23)29-30(5,6)14-23/h15-16,18,20-21,25H,7-14H2,1-6H3/t15-,16-,18-,20?,21+,22+,23-,24?/m1/s1. The molecule has 3 saturated carbocycles. The highest BCUT2D eigenvalue weighted by Gasteiger charge is 2.70. The number of carbonyl (C=O) groups is 2. The van der Waals surface area contributed by atoms with Crippen molar-refractivity contribution in [2.75, 3.05) is 6.61 Å². The van der Waals surface area contributed by atoms with E-state index in [-0.39, 0.29) is 29.0 Å². The van der Waals surface area contributed by atoms with Gasteiger partial charge in [0.1, 0.15) is 18.5 Å². The van der Waals surface area contributed by atoms with Gasteiger partial charge in [-0.2, -0.15) is 0 Å². The molecular weight excluding hydrogens is 396 g/mol. The zero-order chi connectivity index (χ0) is 22.1. The maximum atomic E-state index is 13.4. The van der Waals surface area contributed by atoms with Crippen LogP contribution in [0.15, 0.2) is 0 Å². The van der Waals surface area contributed by atoms with E-state index in [1.54, 1.807) is 0 Å². The molecule has 4 fully saturated rings. The summed E-state index contributed by atoms with van der Waals surface area (Å²) in [6.07, 6.45) is 5.15. The Hall–Kier alpha value is -0.723. The fourth-order valence-corrected chi connectivity index (χ4v) is 12.0. The minimum Gasteiger partial charge on any atom is -0.460 e. The average molecular weight is 437 g/mol. The van der Waals surface area contributed by atoms with Crippen LogP contribution in [0.5, 0.6) is 0 Å². The molecule has 3 aliphatic carbocycles. The van der Waals surface area contributed by atoms with E-state index in [0.29, 0.717) is 24.0 Å². The van der Waals surface area contributed by atoms with Crippen LogP contribution in [0.25, 0.3) is 0 Å². The second kappa shape index (κ2) is 7.14. The van der Waals surface area contributed by atoms with Crippen LogP contribution >= 0.6 is 0 Å². The molecule has 2 unspecified atom stereocenters. The molecule has 1 heterocycles. The lowest BCUT2D eigenvalue weighted by Gasteiger charge is -2.62. The van der Waals surface area contributed by atoms with E-state index >= 15 is 0 Å². The summed E-state index contributed by atoms with van der Waals surface area (Å²) < 4.78 is 12.9. The van der Waals surface area contributed by atoms with E-state index in [0.717, 1.165) is 38.1 Å². The Balaban J connectivity index is 1.92. The minimum absolute atomic E-state index is 0.0303. The van der Waals surface area contributed by atoms with Crippen LogP contribution < -0.4 is 0 Å². The van der Waals surface area contributed by atoms with E-state index in [1.165, 1.54) is 0 Å². The number of hydrogen-bond acceptors (Lipinski definition) is 5. The lowest BCUT2D eigenvalue weighted by molar-refractivity contribution is -0.206. The molecule has 0 radical (unpaired) electrons. The number of aliphatic hydroxyl groups excluding tert-OH is 1. The molecule has 1 aliphatic heterocycles. The summed E-state index contributed by atoms with van der Waals surface area (Å²) in [5.41, 5.74) is -0.494. The minimum atomic E-state index is -1.85. The van der Waals surface area contributed by atoms with Crippen LogP contribution in [-0.4, -0.2) is 44.0 Å². The van der Waals surface area contributed by atoms with Crippen LogP contribution in [0.1, 0.15) is 66.2 Å². The summed E-state index contributed by atoms with van der Waals surface area (Å²) in [5, 5.41) is 9.48. The molecule has 1 N–H and O–H groups in total. The highest BCUT2D eigenvalue weighted by atomic mass is 28.4. The third-order valence-corrected chi connectivity index (χ3v) is 12.5. The van der Waals surface area contributed by atoms with Gasteiger partial charge in [-0.05, 0) is 73.9 Å². The van der Waals surface area contributed by atoms with Crippen molar-refractivity contribution in [3.05, 3.63) is 0 Å². The SMILES string of the molecule is CC[C@]12C[C@@H](OC(=O)CO)[C@@]3(C)C4C(=O)CCC4(CC[C@H]3C)[C@H](C)[C@@H]1O[Si](C)(C)C2. The molecule has 0 aromatic rings. The first-order chi connectivity index (χ1) is 14.0. The van der Waals surface area contributed by atoms with E-state index in [1.807, 2.05) is 0 Å². The predicted octanol–water partition coefficient (Wildman–Crippen LogP) is 4.33. The second-order valence-corrected chi connectivity index (χ2v) is 15.9. The van der Waals surface area contributed by atoms with Crippen LogP contribution in [0.2, 0.25) is 19.1 Å². The highest BCUT2D eigenvalue weighted by molar-refractivity contribution is 6.72. The Morgan fingerprint density at radius 1 is 1.30 bits per heavy atom. The quantitative estimate of drug-likeness (QED) is 0.526. The molecule has 4 rings (SSSR count). The third-order valence-electron chi connectivity index (χ3n) is 10.0. The smallest absolute Gasteiger partial charge is 0.332 e. The lowest BCUT2D eigenvalue weighted by Crippen LogP contribution is -2.63. The van der Waals surface area contributed by atoms with E-state index < -0.39 is 26.3 Å². The van der Waals surface area contributed by atoms with Crippen molar-refractivity contribution in [2.24, 2.45) is 34.0 Å². The number of ether oxygens (including phenoxy) is 1. The number of hydrogen-bond donors (Lipinski definition) is 1. The average Bonchev–Trinajstić information content (AvgIpc) is 3.18. The highest BCUT2D eigenvalue weighted by Crippen LogP contribution is 2.70. The van der Waals surface area contributed by atoms with Gasteiger partial charge in [0.05, 0.1) is 6.10 Å². The van der Waals surface area contributed by atoms with Gasteiger partial charge in [-0.15, -0.1) is 0 Å². The van der Waals surface area contributed by atoms with Gasteiger partial charge in [0.15, 0.2) is 8.32 Å². The van der Waals surface area contributed by atoms with Gasteiger partial charge in [-0.3, -0.25) is 4.79 Å². The number of Topliss-reactive ketones (excluding diaryl/α,β-unsaturated/α-hetero) is 1. The molecule has 4 aliphatic rings. The van der Waals surface area contributed by atoms with Gasteiger partial charge in [-0.1, -0.05) is 27.7 Å². The summed E-state index contributed by atoms with van der Waals surface area (Å²) in [4.78, 5) is 25.8. The van der Waals surface area contributed by atoms with Gasteiger partial charge < -0.3 is 14.3 Å². The first-order valence-corrected chi connectivity index (χ1v) is 15.1. The van der Waals surface area contributed by atoms with Crippen LogP contribution in [0.4, 0.5) is 0 Å². The third kappa shape index (κ3) is 2.92. The van der Waals surface area contributed by atoms with Gasteiger partial charge in [0.2, 0.25) is 0 Å². The largest absolute Gasteiger partial charge is 0.460 e. The number of rotatable bonds is 3. The predicted molar refractivity (Wildman–Crippen MR) is 117 cm³/mol. The monoisotopic (exact) mass is 436 g/mol. The first kappa shape index (κ1) is 22.5. The van der Waals surface area contributed by atoms with Crippen molar-refractivity contribution in [1.29, 1.82) is 0 Å². The van der Waals surface area contributed by atoms with E-state index in [2.05, 4.69) is 40.8 Å². The van der Waals surface area contributed by atoms with Crippen molar-refractivity contribution >= 4 is 20.1 Å². The number of ketones is 1. The van der Waals surface area contributed by atoms with E-state index in [4.69, 9.17) is 9.16 Å². The fourth-order valence-electron chi connectivity index (χ4n) is 8.51. The Labute approximate surface area is 182 Å². The lowest BCUT2D eigenvalue weighted by atomic mass is 9.43. The van der Waals surface area contributed by atoms with Crippen molar-refractivity contribution in [3.63, 3.8) is 0 Å². The van der Waals surface area contributed by atoms with Gasteiger partial charge >= 0.3 is 5.97 Å². The molecular formula is C24H40O5Si. The Bertz CT molecular complexity index is 737. The summed E-state index contributed by atoms with van der Waals surface area (Å²) in [5.74, 6) is 0.300. The Kier molecular flexibility index (Phi) is 5.35. The van der Waals surface area contributed by atoms with Crippen molar-refractivity contribution in [1.82, 2.24) is 0 Å². The second-order valence-electron chi connectivity index (χ2n) is 11.8. The van der Waals surface area contributed by atoms with Crippen molar-refractivity contribution in [3.8, 4) is 0 Å². The summed E-state index contributed by atoms with van der Waals surface area (Å²) in [6, 6.07) is 1.07. The Morgan fingerprint density at radius 2 is 2.00 bits per heavy atom. The van der Waals surface area contributed by atoms with Crippen LogP contribution in [0, 0.1) is 34.0 Å². The van der Waals surface area contributed by atoms with Crippen LogP contribution in [-0.2, 0) is 18.8 Å². The molecule has 2 bridgehead atoms. The number of carbonyl (C=O) groups excluding carboxylic acids is 2. The molecule has 0 aromatic carbocycles. The summed E-state index contributed by atoms with van der Waals surface area (Å²) in [6.45, 7) is 13.1. The normalized spacial score (nSPS) is 49.7. The van der Waals surface area contributed by atoms with Gasteiger partial charge in [-0.25, -0.2) is 4.79 Å². The molecule has 8 atom stereocenters. The zero-order valence-corrected chi connectivity index (χ0v) is 20.6. The van der Waals surface area contributed by atoms with Crippen molar-refractivity contribution < 1.29 is 23.9 Å². The van der Waals surface area contributed by atoms with Crippen molar-refractivity contribution in [2.45, 2.75) is 97.6 Å². The van der Waals surface area contributed by atoms with Gasteiger partial charge in [0, 0.05) is 17.8 Å². The fraction of sp³-hybridized carbons (Fsp3) is 0.917. The number of esters is 1. The molecule has 6 heteroatoms. The summed E-state index contributed by atoms with van der Waals surface area (Å²) >= 11 is 0. The molecule has 170 valence electrons. The number of aliphatic hydroxyl groups is 1. The van der Waals surface area contributed by atoms with Gasteiger partial charge in [0.25, 0.3) is 0 Å². The van der Waals surface area contributed by atoms with Crippen LogP contribution in [0.3, 0.4) is 0 Å². The number of fused-ring (bicyclic) bond motifs is 1. The molecule has 1 saturated heterocycles. The maximum absolute atomic E-state index is 13.4. The molecule has 30 heavy (non-hydrogen) atoms. The molecule has 0 aromatic heterocycles. The Morgan fingerprint density at radius 3 is 2.63 bits per heavy atom. The molecule has 0 amide bonds. The topological polar surface area (TPSA) is 72.8 Å². The molecule has 0 spiro atoms. The summed E-state index contributed by atoms with van der Waals surface area (Å²) in [7, 11) is -1.85. The maximum Gasteiger partial charge on any atom is 0.332 e. The molecule has 5 nitrogen and oxygen atoms in total. The zero-order valence-electron chi connectivity index (χ0n) is 19.6. The van der Waals surface area contributed by atoms with E-state index in [9.17, 15) is 14.7 Å².